The number of nitrogens with one attached hydrogen (secondary N) is 1. The predicted octanol–water partition coefficient (Wildman–Crippen LogP) is 1.97. The van der Waals surface area contributed by atoms with Gasteiger partial charge in [-0.1, -0.05) is 0 Å². The maximum Gasteiger partial charge on any atom is 0.261 e. The van der Waals surface area contributed by atoms with Gasteiger partial charge >= 0.3 is 0 Å². The van der Waals surface area contributed by atoms with Crippen LogP contribution in [-0.4, -0.2) is 19.1 Å². The summed E-state index contributed by atoms with van der Waals surface area (Å²) in [7, 11) is -2.16. The number of benzene rings is 1. The molecule has 0 radical (unpaired) electrons. The molecule has 2 rings (SSSR count). The zero-order chi connectivity index (χ0) is 16.3. The molecule has 1 N–H and O–H groups in total. The maximum absolute atomic E-state index is 12.3. The molecule has 0 amide bonds. The molecule has 0 unspecified atom stereocenters. The summed E-state index contributed by atoms with van der Waals surface area (Å²) in [6.07, 6.45) is 1.45. The summed E-state index contributed by atoms with van der Waals surface area (Å²) in [5.41, 5.74) is 0.114. The Morgan fingerprint density at radius 1 is 1.09 bits per heavy atom. The van der Waals surface area contributed by atoms with E-state index in [4.69, 9.17) is 4.74 Å². The number of nitrogens with zero attached hydrogens (tertiary/aromatic N) is 1. The average Bonchev–Trinajstić information content (AvgIpc) is 2.42. The quantitative estimate of drug-likeness (QED) is 0.913. The van der Waals surface area contributed by atoms with Crippen LogP contribution in [0.15, 0.2) is 52.3 Å². The van der Waals surface area contributed by atoms with Crippen molar-refractivity contribution < 1.29 is 13.2 Å². The van der Waals surface area contributed by atoms with Gasteiger partial charge in [-0.25, -0.2) is 8.42 Å². The summed E-state index contributed by atoms with van der Waals surface area (Å²) < 4.78 is 33.8. The summed E-state index contributed by atoms with van der Waals surface area (Å²) in [5, 5.41) is 0. The van der Waals surface area contributed by atoms with E-state index in [0.717, 1.165) is 0 Å². The molecule has 1 aromatic heterocycles. The molecule has 0 atom stereocenters. The Balaban J connectivity index is 2.22. The van der Waals surface area contributed by atoms with Gasteiger partial charge in [0.15, 0.2) is 0 Å². The van der Waals surface area contributed by atoms with Gasteiger partial charge in [-0.2, -0.15) is 0 Å². The zero-order valence-corrected chi connectivity index (χ0v) is 13.4. The van der Waals surface area contributed by atoms with Crippen molar-refractivity contribution >= 4 is 15.7 Å². The van der Waals surface area contributed by atoms with Crippen molar-refractivity contribution in [2.24, 2.45) is 7.05 Å². The SMILES string of the molecule is CC(C)Oc1ccc(S(=O)(=O)Nc2ccc(=O)n(C)c2)cc1. The van der Waals surface area contributed by atoms with Crippen molar-refractivity contribution in [3.05, 3.63) is 52.9 Å². The lowest BCUT2D eigenvalue weighted by atomic mass is 10.3. The monoisotopic (exact) mass is 322 g/mol. The molecule has 0 saturated carbocycles. The van der Waals surface area contributed by atoms with E-state index in [1.165, 1.54) is 35.0 Å². The number of ether oxygens (including phenoxy) is 1. The Bertz CT molecular complexity index is 808. The molecular formula is C15H18N2O4S. The van der Waals surface area contributed by atoms with Crippen molar-refractivity contribution in [1.29, 1.82) is 0 Å². The third-order valence-electron chi connectivity index (χ3n) is 2.84. The molecule has 118 valence electrons. The van der Waals surface area contributed by atoms with Crippen LogP contribution in [0.1, 0.15) is 13.8 Å². The fourth-order valence-corrected chi connectivity index (χ4v) is 2.88. The second kappa shape index (κ2) is 6.23. The number of anilines is 1. The number of sulfonamides is 1. The van der Waals surface area contributed by atoms with Crippen LogP contribution < -0.4 is 15.0 Å². The van der Waals surface area contributed by atoms with Gasteiger partial charge in [0, 0.05) is 19.3 Å². The van der Waals surface area contributed by atoms with Gasteiger partial charge in [0.05, 0.1) is 16.7 Å². The minimum atomic E-state index is -3.71. The number of aryl methyl sites for hydroxylation is 1. The lowest BCUT2D eigenvalue weighted by molar-refractivity contribution is 0.242. The van der Waals surface area contributed by atoms with Gasteiger partial charge in [0.2, 0.25) is 5.56 Å². The maximum atomic E-state index is 12.3. The number of aromatic nitrogens is 1. The Kier molecular flexibility index (Phi) is 4.56. The molecule has 0 spiro atoms. The number of rotatable bonds is 5. The van der Waals surface area contributed by atoms with E-state index in [9.17, 15) is 13.2 Å². The van der Waals surface area contributed by atoms with Crippen LogP contribution in [-0.2, 0) is 17.1 Å². The zero-order valence-electron chi connectivity index (χ0n) is 12.6. The second-order valence-electron chi connectivity index (χ2n) is 5.11. The normalized spacial score (nSPS) is 11.5. The van der Waals surface area contributed by atoms with Gasteiger partial charge in [0.25, 0.3) is 10.0 Å². The minimum Gasteiger partial charge on any atom is -0.491 e. The van der Waals surface area contributed by atoms with E-state index in [0.29, 0.717) is 11.4 Å². The summed E-state index contributed by atoms with van der Waals surface area (Å²) in [5.74, 6) is 0.607. The Labute approximate surface area is 129 Å². The number of hydrogen-bond donors (Lipinski definition) is 1. The van der Waals surface area contributed by atoms with Crippen molar-refractivity contribution in [1.82, 2.24) is 4.57 Å². The third-order valence-corrected chi connectivity index (χ3v) is 4.24. The van der Waals surface area contributed by atoms with E-state index < -0.39 is 10.0 Å². The fraction of sp³-hybridized carbons (Fsp3) is 0.267. The van der Waals surface area contributed by atoms with Gasteiger partial charge < -0.3 is 9.30 Å². The molecule has 0 aliphatic heterocycles. The van der Waals surface area contributed by atoms with Crippen molar-refractivity contribution in [3.8, 4) is 5.75 Å². The summed E-state index contributed by atoms with van der Waals surface area (Å²) >= 11 is 0. The second-order valence-corrected chi connectivity index (χ2v) is 6.79. The molecule has 0 aliphatic carbocycles. The molecule has 2 aromatic rings. The molecule has 22 heavy (non-hydrogen) atoms. The topological polar surface area (TPSA) is 77.4 Å². The first-order valence-corrected chi connectivity index (χ1v) is 8.22. The van der Waals surface area contributed by atoms with E-state index in [2.05, 4.69) is 4.72 Å². The highest BCUT2D eigenvalue weighted by Crippen LogP contribution is 2.19. The third kappa shape index (κ3) is 3.88. The highest BCUT2D eigenvalue weighted by molar-refractivity contribution is 7.92. The molecule has 6 nitrogen and oxygen atoms in total. The van der Waals surface area contributed by atoms with Gasteiger partial charge in [-0.05, 0) is 44.2 Å². The summed E-state index contributed by atoms with van der Waals surface area (Å²) in [4.78, 5) is 11.4. The summed E-state index contributed by atoms with van der Waals surface area (Å²) in [6, 6.07) is 8.89. The van der Waals surface area contributed by atoms with Crippen LogP contribution in [0.2, 0.25) is 0 Å². The van der Waals surface area contributed by atoms with Gasteiger partial charge in [0.1, 0.15) is 5.75 Å². The van der Waals surface area contributed by atoms with Gasteiger partial charge in [-0.15, -0.1) is 0 Å². The highest BCUT2D eigenvalue weighted by Gasteiger charge is 2.14. The minimum absolute atomic E-state index is 0.0196. The molecule has 7 heteroatoms. The largest absolute Gasteiger partial charge is 0.491 e. The van der Waals surface area contributed by atoms with E-state index in [1.807, 2.05) is 13.8 Å². The molecule has 0 fully saturated rings. The Morgan fingerprint density at radius 3 is 2.27 bits per heavy atom. The Morgan fingerprint density at radius 2 is 1.73 bits per heavy atom. The predicted molar refractivity (Wildman–Crippen MR) is 84.7 cm³/mol. The highest BCUT2D eigenvalue weighted by atomic mass is 32.2. The van der Waals surface area contributed by atoms with Crippen LogP contribution in [0.4, 0.5) is 5.69 Å². The first kappa shape index (κ1) is 16.1. The van der Waals surface area contributed by atoms with Crippen LogP contribution in [0.25, 0.3) is 0 Å². The first-order valence-electron chi connectivity index (χ1n) is 6.74. The lowest BCUT2D eigenvalue weighted by Crippen LogP contribution is -2.18. The first-order chi connectivity index (χ1) is 10.3. The van der Waals surface area contributed by atoms with E-state index >= 15 is 0 Å². The van der Waals surface area contributed by atoms with Crippen LogP contribution in [0.5, 0.6) is 5.75 Å². The molecule has 1 heterocycles. The summed E-state index contributed by atoms with van der Waals surface area (Å²) in [6.45, 7) is 3.79. The smallest absolute Gasteiger partial charge is 0.261 e. The molecule has 0 bridgehead atoms. The van der Waals surface area contributed by atoms with Crippen LogP contribution in [0, 0.1) is 0 Å². The van der Waals surface area contributed by atoms with Crippen LogP contribution >= 0.6 is 0 Å². The van der Waals surface area contributed by atoms with Crippen molar-refractivity contribution in [2.75, 3.05) is 4.72 Å². The van der Waals surface area contributed by atoms with Gasteiger partial charge in [-0.3, -0.25) is 9.52 Å². The molecular weight excluding hydrogens is 304 g/mol. The standard InChI is InChI=1S/C15H18N2O4S/c1-11(2)21-13-5-7-14(8-6-13)22(19,20)16-12-4-9-15(18)17(3)10-12/h4-11,16H,1-3H3. The average molecular weight is 322 g/mol. The Hall–Kier alpha value is -2.28. The fourth-order valence-electron chi connectivity index (χ4n) is 1.84. The number of hydrogen-bond acceptors (Lipinski definition) is 4. The van der Waals surface area contributed by atoms with E-state index in [-0.39, 0.29) is 16.6 Å². The molecule has 0 saturated heterocycles. The molecule has 1 aromatic carbocycles. The van der Waals surface area contributed by atoms with Crippen molar-refractivity contribution in [2.45, 2.75) is 24.8 Å². The lowest BCUT2D eigenvalue weighted by Gasteiger charge is -2.11. The van der Waals surface area contributed by atoms with Crippen LogP contribution in [0.3, 0.4) is 0 Å². The number of pyridine rings is 1. The van der Waals surface area contributed by atoms with E-state index in [1.54, 1.807) is 19.2 Å². The molecule has 0 aliphatic rings. The van der Waals surface area contributed by atoms with Crippen molar-refractivity contribution in [3.63, 3.8) is 0 Å².